The molecule has 1 aromatic carbocycles. The Labute approximate surface area is 86.0 Å². The fourth-order valence-electron chi connectivity index (χ4n) is 1.08. The van der Waals surface area contributed by atoms with Crippen LogP contribution in [0.5, 0.6) is 11.5 Å². The second-order valence-electron chi connectivity index (χ2n) is 2.46. The van der Waals surface area contributed by atoms with Gasteiger partial charge in [-0.3, -0.25) is 0 Å². The highest BCUT2D eigenvalue weighted by atomic mass is 127. The van der Waals surface area contributed by atoms with Gasteiger partial charge in [0.25, 0.3) is 0 Å². The Bertz CT molecular complexity index is 261. The molecule has 2 nitrogen and oxygen atoms in total. The van der Waals surface area contributed by atoms with Gasteiger partial charge in [0.15, 0.2) is 0 Å². The van der Waals surface area contributed by atoms with Crippen LogP contribution in [0.15, 0.2) is 12.1 Å². The summed E-state index contributed by atoms with van der Waals surface area (Å²) >= 11 is 2.23. The van der Waals surface area contributed by atoms with E-state index in [2.05, 4.69) is 22.6 Å². The second kappa shape index (κ2) is 3.98. The van der Waals surface area contributed by atoms with Crippen LogP contribution in [0.4, 0.5) is 0 Å². The van der Waals surface area contributed by atoms with Crippen LogP contribution < -0.4 is 9.47 Å². The van der Waals surface area contributed by atoms with E-state index in [-0.39, 0.29) is 0 Å². The average Bonchev–Trinajstić information content (AvgIpc) is 2.03. The Morgan fingerprint density at radius 3 is 2.25 bits per heavy atom. The first-order valence-electron chi connectivity index (χ1n) is 3.57. The van der Waals surface area contributed by atoms with Crippen molar-refractivity contribution in [2.24, 2.45) is 0 Å². The van der Waals surface area contributed by atoms with E-state index in [1.807, 2.05) is 19.1 Å². The molecule has 0 radical (unpaired) electrons. The summed E-state index contributed by atoms with van der Waals surface area (Å²) in [6.45, 7) is 2.00. The van der Waals surface area contributed by atoms with Crippen LogP contribution in [0, 0.1) is 10.5 Å². The van der Waals surface area contributed by atoms with Gasteiger partial charge >= 0.3 is 0 Å². The Morgan fingerprint density at radius 2 is 1.83 bits per heavy atom. The fraction of sp³-hybridized carbons (Fsp3) is 0.333. The van der Waals surface area contributed by atoms with Crippen LogP contribution in [0.25, 0.3) is 0 Å². The van der Waals surface area contributed by atoms with Crippen molar-refractivity contribution >= 4 is 22.6 Å². The molecule has 0 aliphatic rings. The summed E-state index contributed by atoms with van der Waals surface area (Å²) in [6.07, 6.45) is 0. The van der Waals surface area contributed by atoms with Crippen molar-refractivity contribution < 1.29 is 9.47 Å². The highest BCUT2D eigenvalue weighted by molar-refractivity contribution is 14.1. The molecule has 0 aliphatic heterocycles. The number of rotatable bonds is 2. The van der Waals surface area contributed by atoms with E-state index >= 15 is 0 Å². The normalized spacial score (nSPS) is 9.67. The lowest BCUT2D eigenvalue weighted by atomic mass is 10.2. The van der Waals surface area contributed by atoms with E-state index in [0.717, 1.165) is 20.6 Å². The monoisotopic (exact) mass is 278 g/mol. The molecule has 0 aliphatic carbocycles. The highest BCUT2D eigenvalue weighted by Crippen LogP contribution is 2.29. The number of hydrogen-bond donors (Lipinski definition) is 0. The van der Waals surface area contributed by atoms with Crippen LogP contribution in [0.1, 0.15) is 5.56 Å². The van der Waals surface area contributed by atoms with E-state index < -0.39 is 0 Å². The van der Waals surface area contributed by atoms with Crippen molar-refractivity contribution in [2.75, 3.05) is 14.2 Å². The zero-order chi connectivity index (χ0) is 9.14. The largest absolute Gasteiger partial charge is 0.497 e. The molecule has 1 aromatic rings. The number of hydrogen-bond acceptors (Lipinski definition) is 2. The third kappa shape index (κ3) is 1.83. The molecule has 66 valence electrons. The van der Waals surface area contributed by atoms with Crippen molar-refractivity contribution in [3.63, 3.8) is 0 Å². The van der Waals surface area contributed by atoms with Gasteiger partial charge < -0.3 is 9.47 Å². The Balaban J connectivity index is 3.18. The SMILES string of the molecule is COc1cc(C)c(OC)c(I)c1. The van der Waals surface area contributed by atoms with Gasteiger partial charge in [0.2, 0.25) is 0 Å². The summed E-state index contributed by atoms with van der Waals surface area (Å²) < 4.78 is 11.4. The van der Waals surface area contributed by atoms with E-state index in [1.54, 1.807) is 14.2 Å². The van der Waals surface area contributed by atoms with Gasteiger partial charge in [0.05, 0.1) is 17.8 Å². The third-order valence-electron chi connectivity index (χ3n) is 1.64. The van der Waals surface area contributed by atoms with Gasteiger partial charge in [-0.25, -0.2) is 0 Å². The minimum atomic E-state index is 0.873. The minimum Gasteiger partial charge on any atom is -0.497 e. The quantitative estimate of drug-likeness (QED) is 0.774. The van der Waals surface area contributed by atoms with Crippen LogP contribution in [0.3, 0.4) is 0 Å². The van der Waals surface area contributed by atoms with Gasteiger partial charge in [-0.15, -0.1) is 0 Å². The van der Waals surface area contributed by atoms with E-state index in [0.29, 0.717) is 0 Å². The molecular formula is C9H11IO2. The van der Waals surface area contributed by atoms with Gasteiger partial charge in [-0.2, -0.15) is 0 Å². The lowest BCUT2D eigenvalue weighted by Crippen LogP contribution is -1.92. The van der Waals surface area contributed by atoms with Gasteiger partial charge in [-0.05, 0) is 47.2 Å². The molecule has 0 aromatic heterocycles. The molecule has 0 heterocycles. The molecule has 1 rings (SSSR count). The first kappa shape index (κ1) is 9.64. The molecule has 0 bridgehead atoms. The molecule has 0 atom stereocenters. The Kier molecular flexibility index (Phi) is 3.20. The second-order valence-corrected chi connectivity index (χ2v) is 3.62. The zero-order valence-electron chi connectivity index (χ0n) is 7.35. The number of methoxy groups -OCH3 is 2. The zero-order valence-corrected chi connectivity index (χ0v) is 9.51. The number of aryl methyl sites for hydroxylation is 1. The van der Waals surface area contributed by atoms with E-state index in [1.165, 1.54) is 0 Å². The van der Waals surface area contributed by atoms with Crippen molar-refractivity contribution in [1.29, 1.82) is 0 Å². The minimum absolute atomic E-state index is 0.873. The number of ether oxygens (including phenoxy) is 2. The Morgan fingerprint density at radius 1 is 1.17 bits per heavy atom. The molecule has 12 heavy (non-hydrogen) atoms. The van der Waals surface area contributed by atoms with Crippen molar-refractivity contribution in [3.8, 4) is 11.5 Å². The number of halogens is 1. The van der Waals surface area contributed by atoms with Crippen molar-refractivity contribution in [2.45, 2.75) is 6.92 Å². The lowest BCUT2D eigenvalue weighted by Gasteiger charge is -2.08. The van der Waals surface area contributed by atoms with E-state index in [4.69, 9.17) is 9.47 Å². The molecule has 0 saturated heterocycles. The molecule has 0 spiro atoms. The van der Waals surface area contributed by atoms with Crippen LogP contribution in [-0.2, 0) is 0 Å². The highest BCUT2D eigenvalue weighted by Gasteiger charge is 2.05. The van der Waals surface area contributed by atoms with Crippen molar-refractivity contribution in [1.82, 2.24) is 0 Å². The molecule has 0 N–H and O–H groups in total. The predicted octanol–water partition coefficient (Wildman–Crippen LogP) is 2.62. The standard InChI is InChI=1S/C9H11IO2/c1-6-4-7(11-2)5-8(10)9(6)12-3/h4-5H,1-3H3. The molecule has 0 amide bonds. The lowest BCUT2D eigenvalue weighted by molar-refractivity contribution is 0.398. The van der Waals surface area contributed by atoms with Gasteiger partial charge in [-0.1, -0.05) is 0 Å². The molecule has 0 unspecified atom stereocenters. The predicted molar refractivity (Wildman–Crippen MR) is 57.0 cm³/mol. The van der Waals surface area contributed by atoms with Gasteiger partial charge in [0, 0.05) is 0 Å². The van der Waals surface area contributed by atoms with E-state index in [9.17, 15) is 0 Å². The maximum atomic E-state index is 5.21. The topological polar surface area (TPSA) is 18.5 Å². The third-order valence-corrected chi connectivity index (χ3v) is 2.44. The summed E-state index contributed by atoms with van der Waals surface area (Å²) in [7, 11) is 3.34. The maximum Gasteiger partial charge on any atom is 0.135 e. The van der Waals surface area contributed by atoms with Crippen LogP contribution >= 0.6 is 22.6 Å². The van der Waals surface area contributed by atoms with Crippen LogP contribution in [0.2, 0.25) is 0 Å². The van der Waals surface area contributed by atoms with Gasteiger partial charge in [0.1, 0.15) is 11.5 Å². The fourth-order valence-corrected chi connectivity index (χ4v) is 2.03. The summed E-state index contributed by atoms with van der Waals surface area (Å²) in [5.74, 6) is 1.80. The van der Waals surface area contributed by atoms with Crippen LogP contribution in [-0.4, -0.2) is 14.2 Å². The summed E-state index contributed by atoms with van der Waals surface area (Å²) in [5, 5.41) is 0. The molecule has 3 heteroatoms. The summed E-state index contributed by atoms with van der Waals surface area (Å²) in [6, 6.07) is 3.91. The number of benzene rings is 1. The van der Waals surface area contributed by atoms with Crippen molar-refractivity contribution in [3.05, 3.63) is 21.3 Å². The maximum absolute atomic E-state index is 5.21. The molecular weight excluding hydrogens is 267 g/mol. The Hall–Kier alpha value is -0.450. The first-order valence-corrected chi connectivity index (χ1v) is 4.65. The smallest absolute Gasteiger partial charge is 0.135 e. The average molecular weight is 278 g/mol. The first-order chi connectivity index (χ1) is 5.69. The molecule has 0 saturated carbocycles. The molecule has 0 fully saturated rings. The summed E-state index contributed by atoms with van der Waals surface area (Å²) in [4.78, 5) is 0. The summed E-state index contributed by atoms with van der Waals surface area (Å²) in [5.41, 5.74) is 1.10.